The van der Waals surface area contributed by atoms with Crippen LogP contribution < -0.4 is 15.8 Å². The molecule has 2 rings (SSSR count). The van der Waals surface area contributed by atoms with Gasteiger partial charge in [-0.3, -0.25) is 0 Å². The molecule has 0 aliphatic carbocycles. The van der Waals surface area contributed by atoms with Crippen LogP contribution in [0.5, 0.6) is 5.75 Å². The highest BCUT2D eigenvalue weighted by atomic mass is 32.2. The number of nitrogens with one attached hydrogen (secondary N) is 1. The second-order valence-electron chi connectivity index (χ2n) is 5.25. The van der Waals surface area contributed by atoms with E-state index in [1.807, 2.05) is 19.1 Å². The topological polar surface area (TPSA) is 81.4 Å². The largest absolute Gasteiger partial charge is 0.491 e. The molecule has 1 aromatic carbocycles. The summed E-state index contributed by atoms with van der Waals surface area (Å²) < 4.78 is 28.4. The Labute approximate surface area is 120 Å². The number of hydrogen-bond acceptors (Lipinski definition) is 5. The van der Waals surface area contributed by atoms with Crippen molar-refractivity contribution in [2.45, 2.75) is 19.8 Å². The van der Waals surface area contributed by atoms with Crippen molar-refractivity contribution in [1.29, 1.82) is 0 Å². The van der Waals surface area contributed by atoms with Gasteiger partial charge in [0.25, 0.3) is 0 Å². The van der Waals surface area contributed by atoms with Crippen LogP contribution in [0.15, 0.2) is 18.2 Å². The van der Waals surface area contributed by atoms with Gasteiger partial charge in [-0.25, -0.2) is 8.42 Å². The molecule has 0 spiro atoms. The van der Waals surface area contributed by atoms with E-state index in [2.05, 4.69) is 5.32 Å². The smallest absolute Gasteiger partial charge is 0.150 e. The molecule has 5 nitrogen and oxygen atoms in total. The zero-order valence-corrected chi connectivity index (χ0v) is 12.6. The quantitative estimate of drug-likeness (QED) is 0.784. The van der Waals surface area contributed by atoms with Crippen molar-refractivity contribution in [3.05, 3.63) is 18.2 Å². The van der Waals surface area contributed by atoms with E-state index >= 15 is 0 Å². The summed E-state index contributed by atoms with van der Waals surface area (Å²) in [6.07, 6.45) is 1.67. The lowest BCUT2D eigenvalue weighted by Crippen LogP contribution is -2.15. The molecular weight excluding hydrogens is 276 g/mol. The van der Waals surface area contributed by atoms with Gasteiger partial charge in [-0.15, -0.1) is 0 Å². The molecule has 1 saturated heterocycles. The molecule has 0 aromatic heterocycles. The molecule has 1 atom stereocenters. The summed E-state index contributed by atoms with van der Waals surface area (Å²) in [5.41, 5.74) is 7.38. The zero-order valence-electron chi connectivity index (χ0n) is 11.8. The first kappa shape index (κ1) is 15.0. The number of benzene rings is 1. The number of nitrogens with two attached hydrogens (primary N) is 1. The van der Waals surface area contributed by atoms with E-state index in [0.717, 1.165) is 18.5 Å². The van der Waals surface area contributed by atoms with Crippen LogP contribution in [0.25, 0.3) is 0 Å². The van der Waals surface area contributed by atoms with Gasteiger partial charge in [-0.2, -0.15) is 0 Å². The average Bonchev–Trinajstić information content (AvgIpc) is 2.76. The Morgan fingerprint density at radius 3 is 2.90 bits per heavy atom. The Morgan fingerprint density at radius 1 is 1.45 bits per heavy atom. The number of anilines is 2. The van der Waals surface area contributed by atoms with Crippen molar-refractivity contribution in [2.75, 3.05) is 35.7 Å². The van der Waals surface area contributed by atoms with Crippen LogP contribution in [0.2, 0.25) is 0 Å². The minimum atomic E-state index is -2.81. The highest BCUT2D eigenvalue weighted by Gasteiger charge is 2.27. The lowest BCUT2D eigenvalue weighted by molar-refractivity contribution is 0.319. The van der Waals surface area contributed by atoms with E-state index in [1.54, 1.807) is 6.07 Å². The highest BCUT2D eigenvalue weighted by molar-refractivity contribution is 7.91. The summed E-state index contributed by atoms with van der Waals surface area (Å²) in [5.74, 6) is 1.47. The van der Waals surface area contributed by atoms with Gasteiger partial charge in [0.05, 0.1) is 23.8 Å². The maximum absolute atomic E-state index is 11.4. The van der Waals surface area contributed by atoms with Crippen molar-refractivity contribution in [1.82, 2.24) is 0 Å². The third-order valence-electron chi connectivity index (χ3n) is 3.40. The molecule has 0 radical (unpaired) electrons. The van der Waals surface area contributed by atoms with Crippen LogP contribution in [0, 0.1) is 5.92 Å². The van der Waals surface area contributed by atoms with Gasteiger partial charge >= 0.3 is 0 Å². The monoisotopic (exact) mass is 298 g/mol. The molecule has 1 heterocycles. The van der Waals surface area contributed by atoms with E-state index in [0.29, 0.717) is 30.3 Å². The first-order valence-corrected chi connectivity index (χ1v) is 8.79. The van der Waals surface area contributed by atoms with Gasteiger partial charge in [0.1, 0.15) is 5.75 Å². The summed E-state index contributed by atoms with van der Waals surface area (Å²) in [6, 6.07) is 5.56. The van der Waals surface area contributed by atoms with Crippen LogP contribution >= 0.6 is 0 Å². The van der Waals surface area contributed by atoms with Gasteiger partial charge in [0, 0.05) is 18.3 Å². The van der Waals surface area contributed by atoms with E-state index in [9.17, 15) is 8.42 Å². The van der Waals surface area contributed by atoms with Crippen LogP contribution in [0.1, 0.15) is 19.8 Å². The zero-order chi connectivity index (χ0) is 14.6. The van der Waals surface area contributed by atoms with Crippen molar-refractivity contribution in [2.24, 2.45) is 5.92 Å². The molecule has 1 aliphatic heterocycles. The molecule has 20 heavy (non-hydrogen) atoms. The number of nitrogen functional groups attached to an aromatic ring is 1. The first-order chi connectivity index (χ1) is 9.50. The van der Waals surface area contributed by atoms with Crippen LogP contribution in [0.3, 0.4) is 0 Å². The van der Waals surface area contributed by atoms with Crippen molar-refractivity contribution < 1.29 is 13.2 Å². The molecule has 1 aliphatic rings. The van der Waals surface area contributed by atoms with Gasteiger partial charge in [-0.1, -0.05) is 6.92 Å². The number of hydrogen-bond donors (Lipinski definition) is 2. The normalized spacial score (nSPS) is 20.8. The van der Waals surface area contributed by atoms with Gasteiger partial charge in [0.2, 0.25) is 0 Å². The Hall–Kier alpha value is -1.43. The molecular formula is C14H22N2O3S. The SMILES string of the molecule is CCCOc1cc(NCC2CCS(=O)(=O)C2)ccc1N. The summed E-state index contributed by atoms with van der Waals surface area (Å²) in [4.78, 5) is 0. The van der Waals surface area contributed by atoms with E-state index in [-0.39, 0.29) is 11.7 Å². The molecule has 0 bridgehead atoms. The molecule has 0 saturated carbocycles. The Morgan fingerprint density at radius 2 is 2.25 bits per heavy atom. The Balaban J connectivity index is 1.93. The predicted molar refractivity (Wildman–Crippen MR) is 81.9 cm³/mol. The lowest BCUT2D eigenvalue weighted by Gasteiger charge is -2.13. The fourth-order valence-corrected chi connectivity index (χ4v) is 4.14. The van der Waals surface area contributed by atoms with E-state index in [1.165, 1.54) is 0 Å². The third kappa shape index (κ3) is 4.03. The lowest BCUT2D eigenvalue weighted by atomic mass is 10.1. The number of rotatable bonds is 6. The molecule has 6 heteroatoms. The minimum Gasteiger partial charge on any atom is -0.491 e. The fraction of sp³-hybridized carbons (Fsp3) is 0.571. The Kier molecular flexibility index (Phi) is 4.75. The van der Waals surface area contributed by atoms with Crippen LogP contribution in [-0.4, -0.2) is 33.1 Å². The molecule has 1 unspecified atom stereocenters. The minimum absolute atomic E-state index is 0.192. The summed E-state index contributed by atoms with van der Waals surface area (Å²) >= 11 is 0. The third-order valence-corrected chi connectivity index (χ3v) is 5.23. The highest BCUT2D eigenvalue weighted by Crippen LogP contribution is 2.26. The predicted octanol–water partition coefficient (Wildman–Crippen LogP) is 1.90. The van der Waals surface area contributed by atoms with Crippen molar-refractivity contribution in [3.8, 4) is 5.75 Å². The van der Waals surface area contributed by atoms with Crippen molar-refractivity contribution in [3.63, 3.8) is 0 Å². The second-order valence-corrected chi connectivity index (χ2v) is 7.48. The molecule has 3 N–H and O–H groups in total. The van der Waals surface area contributed by atoms with Crippen molar-refractivity contribution >= 4 is 21.2 Å². The number of sulfone groups is 1. The first-order valence-electron chi connectivity index (χ1n) is 6.97. The molecule has 0 amide bonds. The second kappa shape index (κ2) is 6.35. The summed E-state index contributed by atoms with van der Waals surface area (Å²) in [5, 5.41) is 3.27. The van der Waals surface area contributed by atoms with E-state index < -0.39 is 9.84 Å². The summed E-state index contributed by atoms with van der Waals surface area (Å²) in [7, 11) is -2.81. The maximum atomic E-state index is 11.4. The molecule has 1 aromatic rings. The fourth-order valence-electron chi connectivity index (χ4n) is 2.28. The van der Waals surface area contributed by atoms with Crippen LogP contribution in [-0.2, 0) is 9.84 Å². The maximum Gasteiger partial charge on any atom is 0.150 e. The molecule has 112 valence electrons. The average molecular weight is 298 g/mol. The van der Waals surface area contributed by atoms with Gasteiger partial charge in [0.15, 0.2) is 9.84 Å². The summed E-state index contributed by atoms with van der Waals surface area (Å²) in [6.45, 7) is 3.34. The Bertz CT molecular complexity index is 558. The van der Waals surface area contributed by atoms with Gasteiger partial charge in [-0.05, 0) is 30.9 Å². The van der Waals surface area contributed by atoms with Crippen LogP contribution in [0.4, 0.5) is 11.4 Å². The van der Waals surface area contributed by atoms with Gasteiger partial charge < -0.3 is 15.8 Å². The standard InChI is InChI=1S/C14H22N2O3S/c1-2-6-19-14-8-12(3-4-13(14)15)16-9-11-5-7-20(17,18)10-11/h3-4,8,11,16H,2,5-7,9-10,15H2,1H3. The van der Waals surface area contributed by atoms with E-state index in [4.69, 9.17) is 10.5 Å². The number of ether oxygens (including phenoxy) is 1. The molecule has 1 fully saturated rings.